The molecule has 0 aliphatic rings. The van der Waals surface area contributed by atoms with Crippen LogP contribution in [0.25, 0.3) is 16.1 Å². The zero-order valence-electron chi connectivity index (χ0n) is 7.95. The third-order valence-electron chi connectivity index (χ3n) is 1.38. The van der Waals surface area contributed by atoms with E-state index in [4.69, 9.17) is 10.3 Å². The van der Waals surface area contributed by atoms with Gasteiger partial charge in [0.25, 0.3) is 0 Å². The number of rotatable bonds is 4. The lowest BCUT2D eigenvalue weighted by atomic mass is 10.3. The molecular formula is C8H8N4O2S. The van der Waals surface area contributed by atoms with Gasteiger partial charge in [-0.1, -0.05) is 5.11 Å². The van der Waals surface area contributed by atoms with Crippen molar-refractivity contribution in [3.8, 4) is 0 Å². The van der Waals surface area contributed by atoms with Crippen LogP contribution < -0.4 is 0 Å². The maximum absolute atomic E-state index is 11.1. The molecule has 1 heterocycles. The summed E-state index contributed by atoms with van der Waals surface area (Å²) in [6.07, 6.45) is 2.67. The van der Waals surface area contributed by atoms with Crippen molar-refractivity contribution in [2.45, 2.75) is 6.92 Å². The van der Waals surface area contributed by atoms with Crippen LogP contribution in [0.15, 0.2) is 22.9 Å². The summed E-state index contributed by atoms with van der Waals surface area (Å²) >= 11 is 1.28. The Morgan fingerprint density at radius 2 is 2.67 bits per heavy atom. The fraction of sp³-hybridized carbons (Fsp3) is 0.250. The molecule has 0 bridgehead atoms. The molecule has 15 heavy (non-hydrogen) atoms. The second-order valence-electron chi connectivity index (χ2n) is 2.34. The van der Waals surface area contributed by atoms with Gasteiger partial charge in [0.05, 0.1) is 22.7 Å². The predicted octanol–water partition coefficient (Wildman–Crippen LogP) is 2.36. The van der Waals surface area contributed by atoms with Crippen LogP contribution in [0.1, 0.15) is 11.8 Å². The minimum atomic E-state index is -0.534. The van der Waals surface area contributed by atoms with Gasteiger partial charge in [-0.3, -0.25) is 4.98 Å². The average Bonchev–Trinajstić information content (AvgIpc) is 2.70. The van der Waals surface area contributed by atoms with E-state index in [-0.39, 0.29) is 12.3 Å². The Morgan fingerprint density at radius 1 is 1.87 bits per heavy atom. The summed E-state index contributed by atoms with van der Waals surface area (Å²) in [7, 11) is 0. The van der Waals surface area contributed by atoms with Gasteiger partial charge in [-0.2, -0.15) is 0 Å². The van der Waals surface area contributed by atoms with Crippen LogP contribution in [0, 0.1) is 0 Å². The smallest absolute Gasteiger partial charge is 0.331 e. The third kappa shape index (κ3) is 3.41. The molecule has 1 rings (SSSR count). The van der Waals surface area contributed by atoms with Gasteiger partial charge in [0.1, 0.15) is 0 Å². The molecule has 0 aliphatic heterocycles. The maximum atomic E-state index is 11.1. The van der Waals surface area contributed by atoms with Crippen LogP contribution in [0.4, 0.5) is 0 Å². The molecule has 78 valence electrons. The number of azide groups is 1. The Labute approximate surface area is 89.8 Å². The first-order chi connectivity index (χ1) is 7.27. The summed E-state index contributed by atoms with van der Waals surface area (Å²) in [5.41, 5.74) is 10.1. The predicted molar refractivity (Wildman–Crippen MR) is 55.9 cm³/mol. The summed E-state index contributed by atoms with van der Waals surface area (Å²) in [5, 5.41) is 3.40. The number of nitrogens with zero attached hydrogens (tertiary/aromatic N) is 4. The minimum Gasteiger partial charge on any atom is -0.463 e. The van der Waals surface area contributed by atoms with Crippen LogP contribution in [0.2, 0.25) is 0 Å². The van der Waals surface area contributed by atoms with Gasteiger partial charge in [-0.05, 0) is 12.5 Å². The van der Waals surface area contributed by atoms with Gasteiger partial charge in [0, 0.05) is 17.2 Å². The second-order valence-corrected chi connectivity index (χ2v) is 3.22. The number of ether oxygens (including phenoxy) is 1. The summed E-state index contributed by atoms with van der Waals surface area (Å²) < 4.78 is 4.70. The normalized spacial score (nSPS) is 10.6. The van der Waals surface area contributed by atoms with E-state index in [1.807, 2.05) is 0 Å². The van der Waals surface area contributed by atoms with Gasteiger partial charge >= 0.3 is 5.97 Å². The molecule has 1 aromatic heterocycles. The lowest BCUT2D eigenvalue weighted by Gasteiger charge is -1.97. The zero-order chi connectivity index (χ0) is 11.1. The molecule has 0 radical (unpaired) electrons. The topological polar surface area (TPSA) is 88.0 Å². The van der Waals surface area contributed by atoms with Crippen LogP contribution in [0.5, 0.6) is 0 Å². The molecule has 7 heteroatoms. The summed E-state index contributed by atoms with van der Waals surface area (Å²) in [4.78, 5) is 18.2. The van der Waals surface area contributed by atoms with Crippen molar-refractivity contribution in [1.29, 1.82) is 0 Å². The quantitative estimate of drug-likeness (QED) is 0.258. The number of carbonyl (C=O) groups excluding carboxylic acids is 1. The second kappa shape index (κ2) is 5.79. The largest absolute Gasteiger partial charge is 0.463 e. The van der Waals surface area contributed by atoms with E-state index in [9.17, 15) is 4.79 Å². The molecular weight excluding hydrogens is 216 g/mol. The van der Waals surface area contributed by atoms with Gasteiger partial charge in [0.15, 0.2) is 0 Å². The van der Waals surface area contributed by atoms with Crippen molar-refractivity contribution < 1.29 is 9.53 Å². The zero-order valence-corrected chi connectivity index (χ0v) is 8.77. The number of thiazole rings is 1. The van der Waals surface area contributed by atoms with Crippen molar-refractivity contribution in [3.05, 3.63) is 33.1 Å². The molecule has 0 aliphatic carbocycles. The number of hydrogen-bond donors (Lipinski definition) is 0. The van der Waals surface area contributed by atoms with Gasteiger partial charge in [-0.25, -0.2) is 4.79 Å². The highest BCUT2D eigenvalue weighted by Crippen LogP contribution is 2.19. The first-order valence-electron chi connectivity index (χ1n) is 4.10. The molecule has 0 saturated heterocycles. The van der Waals surface area contributed by atoms with E-state index >= 15 is 0 Å². The first kappa shape index (κ1) is 11.2. The van der Waals surface area contributed by atoms with Crippen LogP contribution in [0.3, 0.4) is 0 Å². The average molecular weight is 224 g/mol. The lowest BCUT2D eigenvalue weighted by Crippen LogP contribution is -1.99. The summed E-state index contributed by atoms with van der Waals surface area (Å²) in [6, 6.07) is 0. The number of carbonyl (C=O) groups is 1. The fourth-order valence-electron chi connectivity index (χ4n) is 0.835. The Bertz CT molecular complexity index is 406. The van der Waals surface area contributed by atoms with Crippen molar-refractivity contribution in [1.82, 2.24) is 4.98 Å². The fourth-order valence-corrected chi connectivity index (χ4v) is 1.41. The molecule has 0 spiro atoms. The Balaban J connectivity index is 2.93. The van der Waals surface area contributed by atoms with Crippen molar-refractivity contribution in [3.63, 3.8) is 0 Å². The molecule has 0 N–H and O–H groups in total. The third-order valence-corrected chi connectivity index (χ3v) is 2.17. The van der Waals surface area contributed by atoms with E-state index in [0.717, 1.165) is 6.08 Å². The highest BCUT2D eigenvalue weighted by molar-refractivity contribution is 7.10. The number of hydrogen-bond acceptors (Lipinski definition) is 5. The monoisotopic (exact) mass is 224 g/mol. The van der Waals surface area contributed by atoms with Gasteiger partial charge in [0.2, 0.25) is 0 Å². The van der Waals surface area contributed by atoms with Crippen LogP contribution in [-0.2, 0) is 9.53 Å². The van der Waals surface area contributed by atoms with Gasteiger partial charge < -0.3 is 4.74 Å². The van der Waals surface area contributed by atoms with Crippen molar-refractivity contribution in [2.75, 3.05) is 6.61 Å². The Morgan fingerprint density at radius 3 is 3.20 bits per heavy atom. The SMILES string of the molecule is CCOC(=O)/C=C(\N=[N+]=[N-])c1cncs1. The Kier molecular flexibility index (Phi) is 4.33. The molecule has 0 saturated carbocycles. The van der Waals surface area contributed by atoms with E-state index in [1.54, 1.807) is 12.4 Å². The standard InChI is InChI=1S/C8H8N4O2S/c1-2-14-8(13)3-6(11-12-9)7-4-10-5-15-7/h3-5H,2H2,1H3/b6-3-. The molecule has 0 aromatic carbocycles. The molecule has 0 unspecified atom stereocenters. The molecule has 6 nitrogen and oxygen atoms in total. The van der Waals surface area contributed by atoms with Gasteiger partial charge in [-0.15, -0.1) is 11.3 Å². The van der Waals surface area contributed by atoms with E-state index in [2.05, 4.69) is 15.0 Å². The van der Waals surface area contributed by atoms with Crippen molar-refractivity contribution >= 4 is 23.0 Å². The number of aromatic nitrogens is 1. The van der Waals surface area contributed by atoms with E-state index < -0.39 is 5.97 Å². The number of esters is 1. The minimum absolute atomic E-state index is 0.221. The van der Waals surface area contributed by atoms with Crippen molar-refractivity contribution in [2.24, 2.45) is 5.11 Å². The molecule has 1 aromatic rings. The molecule has 0 amide bonds. The Hall–Kier alpha value is -1.85. The maximum Gasteiger partial charge on any atom is 0.331 e. The summed E-state index contributed by atoms with van der Waals surface area (Å²) in [5.74, 6) is -0.534. The highest BCUT2D eigenvalue weighted by atomic mass is 32.1. The van der Waals surface area contributed by atoms with E-state index in [1.165, 1.54) is 17.5 Å². The summed E-state index contributed by atoms with van der Waals surface area (Å²) in [6.45, 7) is 1.98. The first-order valence-corrected chi connectivity index (χ1v) is 4.98. The highest BCUT2D eigenvalue weighted by Gasteiger charge is 2.04. The van der Waals surface area contributed by atoms with E-state index in [0.29, 0.717) is 4.88 Å². The molecule has 0 fully saturated rings. The van der Waals surface area contributed by atoms with Crippen LogP contribution >= 0.6 is 11.3 Å². The molecule has 0 atom stereocenters. The van der Waals surface area contributed by atoms with Crippen LogP contribution in [-0.4, -0.2) is 17.6 Å². The lowest BCUT2D eigenvalue weighted by molar-refractivity contribution is -0.137.